The van der Waals surface area contributed by atoms with E-state index in [2.05, 4.69) is 22.2 Å². The second kappa shape index (κ2) is 7.31. The zero-order valence-corrected chi connectivity index (χ0v) is 14.0. The molecule has 0 unspecified atom stereocenters. The molecular formula is C18H22N4O2. The Hall–Kier alpha value is -2.60. The third-order valence-electron chi connectivity index (χ3n) is 4.13. The molecule has 1 N–H and O–H groups in total. The molecule has 1 amide bonds. The fourth-order valence-electron chi connectivity index (χ4n) is 2.68. The number of carbonyl (C=O) groups is 1. The largest absolute Gasteiger partial charge is 0.497 e. The van der Waals surface area contributed by atoms with Crippen molar-refractivity contribution < 1.29 is 9.53 Å². The Morgan fingerprint density at radius 2 is 1.92 bits per heavy atom. The van der Waals surface area contributed by atoms with Gasteiger partial charge in [0.05, 0.1) is 24.6 Å². The molecular weight excluding hydrogens is 304 g/mol. The molecule has 1 aliphatic heterocycles. The van der Waals surface area contributed by atoms with Crippen molar-refractivity contribution in [3.8, 4) is 5.75 Å². The quantitative estimate of drug-likeness (QED) is 0.934. The summed E-state index contributed by atoms with van der Waals surface area (Å²) in [5.74, 6) is 0.808. The maximum Gasteiger partial charge on any atom is 0.255 e. The second-order valence-corrected chi connectivity index (χ2v) is 5.91. The molecule has 1 fully saturated rings. The van der Waals surface area contributed by atoms with E-state index in [4.69, 9.17) is 4.74 Å². The molecule has 6 nitrogen and oxygen atoms in total. The van der Waals surface area contributed by atoms with E-state index >= 15 is 0 Å². The monoisotopic (exact) mass is 326 g/mol. The van der Waals surface area contributed by atoms with Crippen LogP contribution in [0.15, 0.2) is 42.7 Å². The van der Waals surface area contributed by atoms with Crippen molar-refractivity contribution in [1.29, 1.82) is 0 Å². The van der Waals surface area contributed by atoms with Crippen LogP contribution in [0.5, 0.6) is 5.75 Å². The molecule has 0 radical (unpaired) electrons. The summed E-state index contributed by atoms with van der Waals surface area (Å²) in [6.07, 6.45) is 3.33. The number of ether oxygens (including phenoxy) is 1. The number of nitrogens with one attached hydrogen (secondary N) is 1. The van der Waals surface area contributed by atoms with Crippen LogP contribution in [-0.4, -0.2) is 61.0 Å². The molecule has 0 saturated carbocycles. The number of nitrogens with zero attached hydrogens (tertiary/aromatic N) is 3. The Morgan fingerprint density at radius 3 is 2.67 bits per heavy atom. The van der Waals surface area contributed by atoms with E-state index in [0.717, 1.165) is 43.3 Å². The van der Waals surface area contributed by atoms with Crippen LogP contribution in [0.4, 0.5) is 11.4 Å². The van der Waals surface area contributed by atoms with Gasteiger partial charge in [0.2, 0.25) is 0 Å². The van der Waals surface area contributed by atoms with Crippen LogP contribution >= 0.6 is 0 Å². The van der Waals surface area contributed by atoms with Gasteiger partial charge in [-0.15, -0.1) is 0 Å². The minimum absolute atomic E-state index is 0.0323. The highest BCUT2D eigenvalue weighted by Gasteiger charge is 2.20. The van der Waals surface area contributed by atoms with Gasteiger partial charge in [-0.3, -0.25) is 9.78 Å². The number of rotatable bonds is 4. The Bertz CT molecular complexity index is 712. The number of hydrogen-bond donors (Lipinski definition) is 1. The maximum absolute atomic E-state index is 12.6. The topological polar surface area (TPSA) is 57.7 Å². The molecule has 2 heterocycles. The lowest BCUT2D eigenvalue weighted by Gasteiger charge is -2.32. The van der Waals surface area contributed by atoms with E-state index in [1.165, 1.54) is 0 Å². The Morgan fingerprint density at radius 1 is 1.12 bits per heavy atom. The first kappa shape index (κ1) is 16.3. The Balaban J connectivity index is 1.72. The fraction of sp³-hybridized carbons (Fsp3) is 0.333. The molecule has 6 heteroatoms. The van der Waals surface area contributed by atoms with E-state index in [9.17, 15) is 4.79 Å². The summed E-state index contributed by atoms with van der Waals surface area (Å²) in [6.45, 7) is 3.31. The number of likely N-dealkylation sites (N-methyl/N-ethyl adjacent to an activating group) is 1. The van der Waals surface area contributed by atoms with E-state index in [0.29, 0.717) is 5.56 Å². The molecule has 126 valence electrons. The van der Waals surface area contributed by atoms with E-state index in [1.807, 2.05) is 35.2 Å². The zero-order chi connectivity index (χ0) is 16.9. The first-order chi connectivity index (χ1) is 11.7. The predicted molar refractivity (Wildman–Crippen MR) is 93.9 cm³/mol. The van der Waals surface area contributed by atoms with Crippen LogP contribution in [0.1, 0.15) is 10.4 Å². The van der Waals surface area contributed by atoms with Gasteiger partial charge in [0.25, 0.3) is 5.91 Å². The van der Waals surface area contributed by atoms with E-state index in [1.54, 1.807) is 19.5 Å². The second-order valence-electron chi connectivity index (χ2n) is 5.91. The van der Waals surface area contributed by atoms with Gasteiger partial charge in [-0.2, -0.15) is 0 Å². The van der Waals surface area contributed by atoms with Crippen molar-refractivity contribution in [2.24, 2.45) is 0 Å². The molecule has 1 aromatic heterocycles. The van der Waals surface area contributed by atoms with Crippen LogP contribution in [0.25, 0.3) is 0 Å². The smallest absolute Gasteiger partial charge is 0.255 e. The first-order valence-electron chi connectivity index (χ1n) is 7.99. The van der Waals surface area contributed by atoms with E-state index < -0.39 is 0 Å². The fourth-order valence-corrected chi connectivity index (χ4v) is 2.68. The van der Waals surface area contributed by atoms with Crippen molar-refractivity contribution in [3.05, 3.63) is 48.3 Å². The lowest BCUT2D eigenvalue weighted by atomic mass is 10.2. The number of carbonyl (C=O) groups excluding carboxylic acids is 1. The van der Waals surface area contributed by atoms with Crippen molar-refractivity contribution in [2.45, 2.75) is 0 Å². The van der Waals surface area contributed by atoms with Crippen molar-refractivity contribution >= 4 is 17.3 Å². The maximum atomic E-state index is 12.6. The van der Waals surface area contributed by atoms with Gasteiger partial charge in [0, 0.05) is 44.1 Å². The Kier molecular flexibility index (Phi) is 4.96. The average molecular weight is 326 g/mol. The summed E-state index contributed by atoms with van der Waals surface area (Å²) in [5.41, 5.74) is 2.27. The highest BCUT2D eigenvalue weighted by Crippen LogP contribution is 2.21. The molecule has 1 aliphatic rings. The van der Waals surface area contributed by atoms with Crippen molar-refractivity contribution in [1.82, 2.24) is 14.8 Å². The molecule has 0 spiro atoms. The molecule has 3 rings (SSSR count). The van der Waals surface area contributed by atoms with Crippen molar-refractivity contribution in [3.63, 3.8) is 0 Å². The van der Waals surface area contributed by atoms with Crippen LogP contribution in [0, 0.1) is 0 Å². The number of anilines is 2. The Labute approximate surface area is 142 Å². The molecule has 0 atom stereocenters. The summed E-state index contributed by atoms with van der Waals surface area (Å²) >= 11 is 0. The average Bonchev–Trinajstić information content (AvgIpc) is 2.62. The number of amides is 1. The summed E-state index contributed by atoms with van der Waals surface area (Å²) in [6, 6.07) is 9.48. The highest BCUT2D eigenvalue weighted by atomic mass is 16.5. The van der Waals surface area contributed by atoms with Gasteiger partial charge < -0.3 is 19.9 Å². The first-order valence-corrected chi connectivity index (χ1v) is 7.99. The molecule has 0 aliphatic carbocycles. The summed E-state index contributed by atoms with van der Waals surface area (Å²) in [5, 5.41) is 3.26. The lowest BCUT2D eigenvalue weighted by molar-refractivity contribution is 0.0663. The third kappa shape index (κ3) is 3.83. The third-order valence-corrected chi connectivity index (χ3v) is 4.13. The summed E-state index contributed by atoms with van der Waals surface area (Å²) < 4.78 is 5.22. The van der Waals surface area contributed by atoms with Gasteiger partial charge in [0.1, 0.15) is 5.75 Å². The number of methoxy groups -OCH3 is 1. The molecule has 1 saturated heterocycles. The van der Waals surface area contributed by atoms with Gasteiger partial charge in [-0.1, -0.05) is 6.07 Å². The van der Waals surface area contributed by atoms with Gasteiger partial charge in [-0.25, -0.2) is 0 Å². The van der Waals surface area contributed by atoms with Gasteiger partial charge in [0.15, 0.2) is 0 Å². The number of benzene rings is 1. The molecule has 2 aromatic rings. The minimum Gasteiger partial charge on any atom is -0.497 e. The molecule has 0 bridgehead atoms. The number of piperazine rings is 1. The molecule has 24 heavy (non-hydrogen) atoms. The number of pyridine rings is 1. The minimum atomic E-state index is 0.0323. The van der Waals surface area contributed by atoms with Crippen LogP contribution in [-0.2, 0) is 0 Å². The van der Waals surface area contributed by atoms with Gasteiger partial charge in [-0.05, 0) is 25.2 Å². The van der Waals surface area contributed by atoms with Crippen molar-refractivity contribution in [2.75, 3.05) is 45.7 Å². The normalized spacial score (nSPS) is 15.2. The predicted octanol–water partition coefficient (Wildman–Crippen LogP) is 2.22. The zero-order valence-electron chi connectivity index (χ0n) is 14.0. The lowest BCUT2D eigenvalue weighted by Crippen LogP contribution is -2.47. The van der Waals surface area contributed by atoms with Crippen LogP contribution in [0.3, 0.4) is 0 Å². The summed E-state index contributed by atoms with van der Waals surface area (Å²) in [4.78, 5) is 20.9. The van der Waals surface area contributed by atoms with Crippen LogP contribution in [0.2, 0.25) is 0 Å². The van der Waals surface area contributed by atoms with Gasteiger partial charge >= 0.3 is 0 Å². The standard InChI is InChI=1S/C18H22N4O2/c1-21-6-8-22(9-7-21)18(23)14-10-16(13-19-12-14)20-15-4-3-5-17(11-15)24-2/h3-5,10-13,20H,6-9H2,1-2H3. The summed E-state index contributed by atoms with van der Waals surface area (Å²) in [7, 11) is 3.71. The van der Waals surface area contributed by atoms with Crippen LogP contribution < -0.4 is 10.1 Å². The number of aromatic nitrogens is 1. The number of hydrogen-bond acceptors (Lipinski definition) is 5. The SMILES string of the molecule is COc1cccc(Nc2cncc(C(=O)N3CCN(C)CC3)c2)c1. The molecule has 1 aromatic carbocycles. The highest BCUT2D eigenvalue weighted by molar-refractivity contribution is 5.95. The van der Waals surface area contributed by atoms with E-state index in [-0.39, 0.29) is 5.91 Å².